The molecule has 0 saturated carbocycles. The summed E-state index contributed by atoms with van der Waals surface area (Å²) in [5, 5.41) is 2.94. The van der Waals surface area contributed by atoms with Crippen LogP contribution in [-0.4, -0.2) is 17.7 Å². The van der Waals surface area contributed by atoms with Crippen LogP contribution in [0.2, 0.25) is 0 Å². The third kappa shape index (κ3) is 2.28. The van der Waals surface area contributed by atoms with Gasteiger partial charge in [0.25, 0.3) is 0 Å². The monoisotopic (exact) mass is 341 g/mol. The first kappa shape index (κ1) is 16.3. The Hall–Kier alpha value is -3.20. The minimum absolute atomic E-state index is 0.0523. The number of ketones is 1. The Morgan fingerprint density at radius 2 is 1.31 bits per heavy atom. The number of amides is 1. The van der Waals surface area contributed by atoms with E-state index in [4.69, 9.17) is 0 Å². The summed E-state index contributed by atoms with van der Waals surface area (Å²) < 4.78 is 0. The highest BCUT2D eigenvalue weighted by atomic mass is 16.2. The zero-order valence-electron chi connectivity index (χ0n) is 14.5. The van der Waals surface area contributed by atoms with E-state index in [0.717, 1.165) is 16.7 Å². The van der Waals surface area contributed by atoms with Crippen molar-refractivity contribution in [2.45, 2.75) is 18.4 Å². The zero-order chi connectivity index (χ0) is 18.1. The summed E-state index contributed by atoms with van der Waals surface area (Å²) in [5.74, 6) is -0.268. The first-order valence-electron chi connectivity index (χ1n) is 8.67. The molecule has 1 amide bonds. The highest BCUT2D eigenvalue weighted by Crippen LogP contribution is 2.48. The van der Waals surface area contributed by atoms with Gasteiger partial charge >= 0.3 is 0 Å². The molecule has 0 aromatic heterocycles. The number of nitrogens with one attached hydrogen (secondary N) is 1. The maximum atomic E-state index is 13.3. The van der Waals surface area contributed by atoms with E-state index in [0.29, 0.717) is 5.56 Å². The van der Waals surface area contributed by atoms with Gasteiger partial charge in [0.15, 0.2) is 5.78 Å². The molecule has 3 aromatic carbocycles. The van der Waals surface area contributed by atoms with Crippen LogP contribution in [0.25, 0.3) is 0 Å². The quantitative estimate of drug-likeness (QED) is 0.789. The lowest BCUT2D eigenvalue weighted by atomic mass is 9.67. The summed E-state index contributed by atoms with van der Waals surface area (Å²) >= 11 is 0. The van der Waals surface area contributed by atoms with Crippen LogP contribution < -0.4 is 5.32 Å². The SMILES string of the molecule is CC(=O)NC1C(=O)c2ccccc2C1(c1ccccc1)c1ccccc1. The van der Waals surface area contributed by atoms with Crippen molar-refractivity contribution >= 4 is 11.7 Å². The van der Waals surface area contributed by atoms with E-state index in [2.05, 4.69) is 5.32 Å². The number of hydrogen-bond donors (Lipinski definition) is 1. The van der Waals surface area contributed by atoms with Gasteiger partial charge in [0, 0.05) is 12.5 Å². The van der Waals surface area contributed by atoms with E-state index in [1.54, 1.807) is 0 Å². The normalized spacial score (nSPS) is 17.6. The van der Waals surface area contributed by atoms with E-state index < -0.39 is 11.5 Å². The van der Waals surface area contributed by atoms with Crippen LogP contribution in [0, 0.1) is 0 Å². The molecule has 128 valence electrons. The molecule has 1 unspecified atom stereocenters. The third-order valence-electron chi connectivity index (χ3n) is 5.12. The summed E-state index contributed by atoms with van der Waals surface area (Å²) in [6, 6.07) is 26.9. The topological polar surface area (TPSA) is 46.2 Å². The number of carbonyl (C=O) groups is 2. The Balaban J connectivity index is 2.10. The lowest BCUT2D eigenvalue weighted by Gasteiger charge is -2.37. The molecular weight excluding hydrogens is 322 g/mol. The first-order valence-corrected chi connectivity index (χ1v) is 8.67. The predicted octanol–water partition coefficient (Wildman–Crippen LogP) is 3.72. The number of benzene rings is 3. The average Bonchev–Trinajstić information content (AvgIpc) is 2.92. The first-order chi connectivity index (χ1) is 12.7. The van der Waals surface area contributed by atoms with Gasteiger partial charge in [-0.05, 0) is 16.7 Å². The van der Waals surface area contributed by atoms with Gasteiger partial charge < -0.3 is 5.32 Å². The van der Waals surface area contributed by atoms with Gasteiger partial charge in [0.1, 0.15) is 6.04 Å². The van der Waals surface area contributed by atoms with E-state index in [1.807, 2.05) is 84.9 Å². The summed E-state index contributed by atoms with van der Waals surface area (Å²) in [6.45, 7) is 1.46. The number of carbonyl (C=O) groups excluding carboxylic acids is 2. The van der Waals surface area contributed by atoms with Gasteiger partial charge in [-0.25, -0.2) is 0 Å². The van der Waals surface area contributed by atoms with Gasteiger partial charge in [-0.3, -0.25) is 9.59 Å². The Kier molecular flexibility index (Phi) is 3.92. The molecule has 0 radical (unpaired) electrons. The molecular formula is C23H19NO2. The van der Waals surface area contributed by atoms with Crippen LogP contribution >= 0.6 is 0 Å². The molecule has 1 aliphatic rings. The molecule has 1 aliphatic carbocycles. The summed E-state index contributed by atoms with van der Waals surface area (Å²) in [7, 11) is 0. The molecule has 0 bridgehead atoms. The average molecular weight is 341 g/mol. The number of rotatable bonds is 3. The molecule has 0 spiro atoms. The highest BCUT2D eigenvalue weighted by Gasteiger charge is 2.54. The second-order valence-electron chi connectivity index (χ2n) is 6.58. The van der Waals surface area contributed by atoms with Crippen LogP contribution in [-0.2, 0) is 10.2 Å². The fourth-order valence-electron chi connectivity index (χ4n) is 4.14. The van der Waals surface area contributed by atoms with E-state index in [1.165, 1.54) is 6.92 Å². The van der Waals surface area contributed by atoms with Gasteiger partial charge in [-0.15, -0.1) is 0 Å². The fourth-order valence-corrected chi connectivity index (χ4v) is 4.14. The van der Waals surface area contributed by atoms with Crippen LogP contribution in [0.3, 0.4) is 0 Å². The van der Waals surface area contributed by atoms with E-state index in [-0.39, 0.29) is 11.7 Å². The molecule has 0 aliphatic heterocycles. The molecule has 0 saturated heterocycles. The number of fused-ring (bicyclic) bond motifs is 1. The smallest absolute Gasteiger partial charge is 0.217 e. The Morgan fingerprint density at radius 1 is 0.808 bits per heavy atom. The van der Waals surface area contributed by atoms with Crippen molar-refractivity contribution in [2.75, 3.05) is 0 Å². The van der Waals surface area contributed by atoms with Crippen LogP contribution in [0.5, 0.6) is 0 Å². The molecule has 3 aromatic rings. The van der Waals surface area contributed by atoms with E-state index >= 15 is 0 Å². The molecule has 1 N–H and O–H groups in total. The minimum Gasteiger partial charge on any atom is -0.345 e. The molecule has 0 heterocycles. The van der Waals surface area contributed by atoms with Gasteiger partial charge in [0.05, 0.1) is 5.41 Å². The molecule has 1 atom stereocenters. The summed E-state index contributed by atoms with van der Waals surface area (Å²) in [4.78, 5) is 25.3. The molecule has 3 heteroatoms. The molecule has 3 nitrogen and oxygen atoms in total. The molecule has 4 rings (SSSR count). The zero-order valence-corrected chi connectivity index (χ0v) is 14.5. The Bertz CT molecular complexity index is 924. The number of Topliss-reactive ketones (excluding diaryl/α,β-unsaturated/α-hetero) is 1. The fraction of sp³-hybridized carbons (Fsp3) is 0.130. The summed E-state index contributed by atoms with van der Waals surface area (Å²) in [5.41, 5.74) is 2.83. The van der Waals surface area contributed by atoms with Crippen molar-refractivity contribution in [1.29, 1.82) is 0 Å². The third-order valence-corrected chi connectivity index (χ3v) is 5.12. The van der Waals surface area contributed by atoms with Gasteiger partial charge in [0.2, 0.25) is 5.91 Å². The largest absolute Gasteiger partial charge is 0.345 e. The van der Waals surface area contributed by atoms with Crippen LogP contribution in [0.15, 0.2) is 84.9 Å². The maximum Gasteiger partial charge on any atom is 0.217 e. The highest BCUT2D eigenvalue weighted by molar-refractivity contribution is 6.09. The molecule has 0 fully saturated rings. The summed E-state index contributed by atoms with van der Waals surface area (Å²) in [6.07, 6.45) is 0. The minimum atomic E-state index is -0.748. The van der Waals surface area contributed by atoms with Crippen molar-refractivity contribution < 1.29 is 9.59 Å². The predicted molar refractivity (Wildman–Crippen MR) is 101 cm³/mol. The van der Waals surface area contributed by atoms with E-state index in [9.17, 15) is 9.59 Å². The van der Waals surface area contributed by atoms with Crippen molar-refractivity contribution in [3.63, 3.8) is 0 Å². The maximum absolute atomic E-state index is 13.3. The second-order valence-corrected chi connectivity index (χ2v) is 6.58. The van der Waals surface area contributed by atoms with Crippen LogP contribution in [0.4, 0.5) is 0 Å². The van der Waals surface area contributed by atoms with Crippen molar-refractivity contribution in [3.8, 4) is 0 Å². The van der Waals surface area contributed by atoms with Crippen molar-refractivity contribution in [3.05, 3.63) is 107 Å². The lowest BCUT2D eigenvalue weighted by molar-refractivity contribution is -0.119. The van der Waals surface area contributed by atoms with Crippen molar-refractivity contribution in [1.82, 2.24) is 5.32 Å². The number of hydrogen-bond acceptors (Lipinski definition) is 2. The van der Waals surface area contributed by atoms with Gasteiger partial charge in [-0.1, -0.05) is 84.9 Å². The Labute approximate surface area is 152 Å². The van der Waals surface area contributed by atoms with Crippen LogP contribution in [0.1, 0.15) is 34.0 Å². The lowest BCUT2D eigenvalue weighted by Crippen LogP contribution is -2.51. The second kappa shape index (κ2) is 6.26. The van der Waals surface area contributed by atoms with Gasteiger partial charge in [-0.2, -0.15) is 0 Å². The van der Waals surface area contributed by atoms with Crippen molar-refractivity contribution in [2.24, 2.45) is 0 Å². The standard InChI is InChI=1S/C23H19NO2/c1-16(25)24-22-21(26)19-14-8-9-15-20(19)23(22,17-10-4-2-5-11-17)18-12-6-3-7-13-18/h2-15,22H,1H3,(H,24,25). The Morgan fingerprint density at radius 3 is 1.85 bits per heavy atom. The molecule has 26 heavy (non-hydrogen) atoms.